The Hall–Kier alpha value is -1.06. The summed E-state index contributed by atoms with van der Waals surface area (Å²) in [6.45, 7) is 2.96. The van der Waals surface area contributed by atoms with E-state index in [-0.39, 0.29) is 12.6 Å². The van der Waals surface area contributed by atoms with E-state index < -0.39 is 0 Å². The van der Waals surface area contributed by atoms with Crippen molar-refractivity contribution in [3.05, 3.63) is 29.8 Å². The van der Waals surface area contributed by atoms with E-state index in [1.165, 1.54) is 0 Å². The van der Waals surface area contributed by atoms with E-state index >= 15 is 0 Å². The summed E-state index contributed by atoms with van der Waals surface area (Å²) in [6.07, 6.45) is 2.61. The molecule has 3 N–H and O–H groups in total. The normalized spacial score (nSPS) is 12.4. The van der Waals surface area contributed by atoms with Crippen LogP contribution in [0, 0.1) is 0 Å². The molecule has 3 nitrogen and oxygen atoms in total. The van der Waals surface area contributed by atoms with Crippen molar-refractivity contribution in [2.24, 2.45) is 5.73 Å². The molecule has 0 fully saturated rings. The van der Waals surface area contributed by atoms with Crippen LogP contribution < -0.4 is 10.5 Å². The Morgan fingerprint density at radius 1 is 1.25 bits per heavy atom. The Bertz CT molecular complexity index is 284. The van der Waals surface area contributed by atoms with Gasteiger partial charge in [-0.2, -0.15) is 0 Å². The first-order valence-electron chi connectivity index (χ1n) is 5.87. The standard InChI is InChI=1S/C13H21NO2/c1-2-13(14)11-5-7-12(8-6-11)16-10-4-3-9-15/h5-8,13,15H,2-4,9-10,14H2,1H3/t13-/m1/s1. The maximum Gasteiger partial charge on any atom is 0.119 e. The first-order valence-corrected chi connectivity index (χ1v) is 5.87. The predicted molar refractivity (Wildman–Crippen MR) is 65.5 cm³/mol. The summed E-state index contributed by atoms with van der Waals surface area (Å²) >= 11 is 0. The van der Waals surface area contributed by atoms with Crippen molar-refractivity contribution in [2.75, 3.05) is 13.2 Å². The van der Waals surface area contributed by atoms with Gasteiger partial charge >= 0.3 is 0 Å². The second-order valence-corrected chi connectivity index (χ2v) is 3.86. The lowest BCUT2D eigenvalue weighted by atomic mass is 10.1. The van der Waals surface area contributed by atoms with E-state index in [2.05, 4.69) is 6.92 Å². The number of unbranched alkanes of at least 4 members (excludes halogenated alkanes) is 1. The average molecular weight is 223 g/mol. The molecule has 0 spiro atoms. The van der Waals surface area contributed by atoms with Crippen LogP contribution in [0.25, 0.3) is 0 Å². The Morgan fingerprint density at radius 2 is 1.94 bits per heavy atom. The van der Waals surface area contributed by atoms with Crippen molar-refractivity contribution < 1.29 is 9.84 Å². The maximum atomic E-state index is 8.62. The fourth-order valence-corrected chi connectivity index (χ4v) is 1.45. The number of hydrogen-bond donors (Lipinski definition) is 2. The molecule has 0 radical (unpaired) electrons. The summed E-state index contributed by atoms with van der Waals surface area (Å²) in [6, 6.07) is 8.03. The lowest BCUT2D eigenvalue weighted by molar-refractivity contribution is 0.253. The summed E-state index contributed by atoms with van der Waals surface area (Å²) in [4.78, 5) is 0. The van der Waals surface area contributed by atoms with Gasteiger partial charge in [0.1, 0.15) is 5.75 Å². The van der Waals surface area contributed by atoms with Crippen LogP contribution in [0.2, 0.25) is 0 Å². The van der Waals surface area contributed by atoms with Crippen LogP contribution in [-0.2, 0) is 0 Å². The molecule has 1 rings (SSSR count). The molecule has 0 aliphatic heterocycles. The molecular formula is C13H21NO2. The van der Waals surface area contributed by atoms with Crippen LogP contribution in [0.15, 0.2) is 24.3 Å². The largest absolute Gasteiger partial charge is 0.494 e. The van der Waals surface area contributed by atoms with Gasteiger partial charge < -0.3 is 15.6 Å². The SMILES string of the molecule is CC[C@@H](N)c1ccc(OCCCCO)cc1. The van der Waals surface area contributed by atoms with E-state index in [0.29, 0.717) is 6.61 Å². The smallest absolute Gasteiger partial charge is 0.119 e. The summed E-state index contributed by atoms with van der Waals surface area (Å²) in [7, 11) is 0. The van der Waals surface area contributed by atoms with E-state index in [0.717, 1.165) is 30.6 Å². The highest BCUT2D eigenvalue weighted by molar-refractivity contribution is 5.28. The highest BCUT2D eigenvalue weighted by atomic mass is 16.5. The minimum absolute atomic E-state index is 0.114. The molecular weight excluding hydrogens is 202 g/mol. The second-order valence-electron chi connectivity index (χ2n) is 3.86. The van der Waals surface area contributed by atoms with Crippen molar-refractivity contribution >= 4 is 0 Å². The van der Waals surface area contributed by atoms with Crippen LogP contribution in [0.5, 0.6) is 5.75 Å². The van der Waals surface area contributed by atoms with Crippen molar-refractivity contribution in [3.63, 3.8) is 0 Å². The van der Waals surface area contributed by atoms with Crippen LogP contribution in [0.1, 0.15) is 37.8 Å². The third-order valence-electron chi connectivity index (χ3n) is 2.57. The molecule has 0 amide bonds. The molecule has 0 bridgehead atoms. The van der Waals surface area contributed by atoms with E-state index in [9.17, 15) is 0 Å². The fourth-order valence-electron chi connectivity index (χ4n) is 1.45. The lowest BCUT2D eigenvalue weighted by Gasteiger charge is -2.10. The molecule has 0 aliphatic rings. The van der Waals surface area contributed by atoms with Gasteiger partial charge in [-0.05, 0) is 37.0 Å². The van der Waals surface area contributed by atoms with Gasteiger partial charge in [0.25, 0.3) is 0 Å². The molecule has 1 atom stereocenters. The van der Waals surface area contributed by atoms with Gasteiger partial charge in [0.05, 0.1) is 6.61 Å². The second kappa shape index (κ2) is 7.25. The quantitative estimate of drug-likeness (QED) is 0.697. The van der Waals surface area contributed by atoms with Gasteiger partial charge in [-0.1, -0.05) is 19.1 Å². The summed E-state index contributed by atoms with van der Waals surface area (Å²) < 4.78 is 5.52. The predicted octanol–water partition coefficient (Wildman–Crippen LogP) is 2.25. The third-order valence-corrected chi connectivity index (χ3v) is 2.57. The molecule has 0 saturated carbocycles. The highest BCUT2D eigenvalue weighted by Gasteiger charge is 2.02. The highest BCUT2D eigenvalue weighted by Crippen LogP contribution is 2.18. The van der Waals surface area contributed by atoms with E-state index in [1.807, 2.05) is 24.3 Å². The summed E-state index contributed by atoms with van der Waals surface area (Å²) in [5.74, 6) is 0.866. The fraction of sp³-hybridized carbons (Fsp3) is 0.538. The van der Waals surface area contributed by atoms with Gasteiger partial charge in [-0.15, -0.1) is 0 Å². The molecule has 1 aromatic rings. The zero-order chi connectivity index (χ0) is 11.8. The minimum atomic E-state index is 0.114. The van der Waals surface area contributed by atoms with Crippen molar-refractivity contribution in [2.45, 2.75) is 32.2 Å². The van der Waals surface area contributed by atoms with Crippen molar-refractivity contribution in [1.82, 2.24) is 0 Å². The molecule has 0 saturated heterocycles. The number of ether oxygens (including phenoxy) is 1. The Balaban J connectivity index is 2.39. The van der Waals surface area contributed by atoms with Crippen LogP contribution in [0.4, 0.5) is 0 Å². The Morgan fingerprint density at radius 3 is 2.50 bits per heavy atom. The third kappa shape index (κ3) is 4.21. The Labute approximate surface area is 97.2 Å². The number of benzene rings is 1. The van der Waals surface area contributed by atoms with Crippen molar-refractivity contribution in [3.8, 4) is 5.75 Å². The minimum Gasteiger partial charge on any atom is -0.494 e. The molecule has 1 aromatic carbocycles. The lowest BCUT2D eigenvalue weighted by Crippen LogP contribution is -2.08. The molecule has 0 aliphatic carbocycles. The van der Waals surface area contributed by atoms with Gasteiger partial charge in [-0.3, -0.25) is 0 Å². The first-order chi connectivity index (χ1) is 7.77. The van der Waals surface area contributed by atoms with Crippen LogP contribution >= 0.6 is 0 Å². The maximum absolute atomic E-state index is 8.62. The number of rotatable bonds is 7. The summed E-state index contributed by atoms with van der Waals surface area (Å²) in [5.41, 5.74) is 7.06. The van der Waals surface area contributed by atoms with E-state index in [4.69, 9.17) is 15.6 Å². The number of aliphatic hydroxyl groups is 1. The zero-order valence-electron chi connectivity index (χ0n) is 9.86. The van der Waals surface area contributed by atoms with Crippen LogP contribution in [0.3, 0.4) is 0 Å². The Kier molecular flexibility index (Phi) is 5.90. The molecule has 0 heterocycles. The van der Waals surface area contributed by atoms with Gasteiger partial charge in [-0.25, -0.2) is 0 Å². The van der Waals surface area contributed by atoms with Crippen molar-refractivity contribution in [1.29, 1.82) is 0 Å². The number of nitrogens with two attached hydrogens (primary N) is 1. The summed E-state index contributed by atoms with van der Waals surface area (Å²) in [5, 5.41) is 8.62. The van der Waals surface area contributed by atoms with Gasteiger partial charge in [0.2, 0.25) is 0 Å². The molecule has 0 unspecified atom stereocenters. The zero-order valence-corrected chi connectivity index (χ0v) is 9.86. The van der Waals surface area contributed by atoms with E-state index in [1.54, 1.807) is 0 Å². The van der Waals surface area contributed by atoms with Gasteiger partial charge in [0.15, 0.2) is 0 Å². The molecule has 3 heteroatoms. The van der Waals surface area contributed by atoms with Crippen LogP contribution in [-0.4, -0.2) is 18.3 Å². The molecule has 0 aromatic heterocycles. The van der Waals surface area contributed by atoms with Gasteiger partial charge in [0, 0.05) is 12.6 Å². The molecule has 90 valence electrons. The first kappa shape index (κ1) is 13.0. The number of hydrogen-bond acceptors (Lipinski definition) is 3. The average Bonchev–Trinajstić information content (AvgIpc) is 2.34. The number of aliphatic hydroxyl groups excluding tert-OH is 1. The molecule has 16 heavy (non-hydrogen) atoms. The monoisotopic (exact) mass is 223 g/mol. The topological polar surface area (TPSA) is 55.5 Å².